The van der Waals surface area contributed by atoms with Crippen LogP contribution < -0.4 is 4.90 Å². The van der Waals surface area contributed by atoms with Gasteiger partial charge in [-0.2, -0.15) is 5.26 Å². The smallest absolute Gasteiger partial charge is 0.0992 e. The average Bonchev–Trinajstić information content (AvgIpc) is 2.77. The highest BCUT2D eigenvalue weighted by molar-refractivity contribution is 9.10. The van der Waals surface area contributed by atoms with Crippen LogP contribution in [0.1, 0.15) is 32.8 Å². The van der Waals surface area contributed by atoms with E-state index in [-0.39, 0.29) is 0 Å². The van der Waals surface area contributed by atoms with Crippen LogP contribution in [0.2, 0.25) is 0 Å². The third-order valence-corrected chi connectivity index (χ3v) is 4.25. The van der Waals surface area contributed by atoms with Gasteiger partial charge in [-0.15, -0.1) is 0 Å². The molecule has 0 amide bonds. The van der Waals surface area contributed by atoms with Crippen molar-refractivity contribution in [1.82, 2.24) is 0 Å². The van der Waals surface area contributed by atoms with Gasteiger partial charge < -0.3 is 4.90 Å². The minimum atomic E-state index is 0.360. The van der Waals surface area contributed by atoms with E-state index in [9.17, 15) is 0 Å². The molecule has 0 saturated carbocycles. The fourth-order valence-electron chi connectivity index (χ4n) is 2.52. The number of nitriles is 1. The molecular formula is C15H19BrN2. The molecule has 18 heavy (non-hydrogen) atoms. The molecule has 1 saturated heterocycles. The zero-order valence-electron chi connectivity index (χ0n) is 11.2. The van der Waals surface area contributed by atoms with Crippen LogP contribution >= 0.6 is 15.9 Å². The lowest BCUT2D eigenvalue weighted by Gasteiger charge is -2.27. The highest BCUT2D eigenvalue weighted by Gasteiger charge is 2.31. The lowest BCUT2D eigenvalue weighted by atomic mass is 9.80. The number of rotatable bonds is 1. The van der Waals surface area contributed by atoms with Crippen LogP contribution in [0, 0.1) is 22.7 Å². The van der Waals surface area contributed by atoms with E-state index in [1.165, 1.54) is 6.42 Å². The van der Waals surface area contributed by atoms with Crippen molar-refractivity contribution >= 4 is 21.6 Å². The van der Waals surface area contributed by atoms with Gasteiger partial charge in [0.2, 0.25) is 0 Å². The highest BCUT2D eigenvalue weighted by atomic mass is 79.9. The Hall–Kier alpha value is -1.01. The maximum Gasteiger partial charge on any atom is 0.0992 e. The van der Waals surface area contributed by atoms with Crippen LogP contribution in [0.15, 0.2) is 22.7 Å². The fourth-order valence-corrected chi connectivity index (χ4v) is 3.00. The Morgan fingerprint density at radius 3 is 2.61 bits per heavy atom. The van der Waals surface area contributed by atoms with Crippen molar-refractivity contribution in [3.8, 4) is 6.07 Å². The molecule has 0 N–H and O–H groups in total. The molecule has 1 fully saturated rings. The Labute approximate surface area is 118 Å². The zero-order valence-corrected chi connectivity index (χ0v) is 12.8. The molecule has 1 aliphatic rings. The fraction of sp³-hybridized carbons (Fsp3) is 0.533. The van der Waals surface area contributed by atoms with Crippen LogP contribution in [0.3, 0.4) is 0 Å². The van der Waals surface area contributed by atoms with Crippen molar-refractivity contribution in [2.75, 3.05) is 18.0 Å². The first kappa shape index (κ1) is 13.4. The van der Waals surface area contributed by atoms with E-state index < -0.39 is 0 Å². The molecule has 3 heteroatoms. The number of halogens is 1. The molecule has 1 aliphatic heterocycles. The van der Waals surface area contributed by atoms with Crippen molar-refractivity contribution in [2.45, 2.75) is 27.2 Å². The summed E-state index contributed by atoms with van der Waals surface area (Å²) in [5.74, 6) is 0.724. The molecule has 0 bridgehead atoms. The standard InChI is InChI=1S/C15H19BrN2/c1-15(2,3)12-4-5-18(10-12)14-7-11(9-17)6-13(16)8-14/h6-8,12H,4-5,10H2,1-3H3. The Morgan fingerprint density at radius 1 is 1.33 bits per heavy atom. The minimum absolute atomic E-state index is 0.360. The lowest BCUT2D eigenvalue weighted by Crippen LogP contribution is -2.25. The third-order valence-electron chi connectivity index (χ3n) is 3.79. The second kappa shape index (κ2) is 4.93. The molecule has 1 aromatic rings. The Balaban J connectivity index is 2.20. The Morgan fingerprint density at radius 2 is 2.06 bits per heavy atom. The maximum absolute atomic E-state index is 9.02. The first-order chi connectivity index (χ1) is 8.40. The van der Waals surface area contributed by atoms with Crippen molar-refractivity contribution in [1.29, 1.82) is 5.26 Å². The summed E-state index contributed by atoms with van der Waals surface area (Å²) >= 11 is 3.48. The molecule has 0 aromatic heterocycles. The summed E-state index contributed by atoms with van der Waals surface area (Å²) in [6.45, 7) is 9.10. The van der Waals surface area contributed by atoms with Gasteiger partial charge in [-0.05, 0) is 36.0 Å². The second-order valence-electron chi connectivity index (χ2n) is 6.11. The van der Waals surface area contributed by atoms with E-state index in [0.29, 0.717) is 5.41 Å². The van der Waals surface area contributed by atoms with Crippen molar-refractivity contribution in [3.63, 3.8) is 0 Å². The molecule has 0 spiro atoms. The number of nitrogens with zero attached hydrogens (tertiary/aromatic N) is 2. The first-order valence-corrected chi connectivity index (χ1v) is 7.15. The molecule has 1 atom stereocenters. The predicted octanol–water partition coefficient (Wildman–Crippen LogP) is 4.19. The second-order valence-corrected chi connectivity index (χ2v) is 7.02. The molecular weight excluding hydrogens is 288 g/mol. The van der Waals surface area contributed by atoms with Crippen molar-refractivity contribution in [2.24, 2.45) is 11.3 Å². The largest absolute Gasteiger partial charge is 0.371 e. The normalized spacial score (nSPS) is 19.9. The third kappa shape index (κ3) is 2.87. The molecule has 2 rings (SSSR count). The van der Waals surface area contributed by atoms with Gasteiger partial charge in [0, 0.05) is 23.2 Å². The molecule has 0 radical (unpaired) electrons. The van der Waals surface area contributed by atoms with Crippen molar-refractivity contribution < 1.29 is 0 Å². The Kier molecular flexibility index (Phi) is 3.68. The van der Waals surface area contributed by atoms with Gasteiger partial charge >= 0.3 is 0 Å². The highest BCUT2D eigenvalue weighted by Crippen LogP contribution is 2.36. The number of anilines is 1. The van der Waals surface area contributed by atoms with E-state index in [0.717, 1.165) is 34.7 Å². The van der Waals surface area contributed by atoms with Gasteiger partial charge in [0.1, 0.15) is 0 Å². The van der Waals surface area contributed by atoms with E-state index in [4.69, 9.17) is 5.26 Å². The summed E-state index contributed by atoms with van der Waals surface area (Å²) in [5, 5.41) is 9.02. The average molecular weight is 307 g/mol. The zero-order chi connectivity index (χ0) is 13.3. The van der Waals surface area contributed by atoms with Crippen LogP contribution in [-0.2, 0) is 0 Å². The lowest BCUT2D eigenvalue weighted by molar-refractivity contribution is 0.263. The topological polar surface area (TPSA) is 27.0 Å². The van der Waals surface area contributed by atoms with Gasteiger partial charge in [-0.25, -0.2) is 0 Å². The van der Waals surface area contributed by atoms with E-state index >= 15 is 0 Å². The predicted molar refractivity (Wildman–Crippen MR) is 78.6 cm³/mol. The van der Waals surface area contributed by atoms with Crippen LogP contribution in [0.25, 0.3) is 0 Å². The number of hydrogen-bond donors (Lipinski definition) is 0. The Bertz CT molecular complexity index is 482. The van der Waals surface area contributed by atoms with Crippen LogP contribution in [0.4, 0.5) is 5.69 Å². The maximum atomic E-state index is 9.02. The van der Waals surface area contributed by atoms with Crippen LogP contribution in [-0.4, -0.2) is 13.1 Å². The van der Waals surface area contributed by atoms with E-state index in [1.54, 1.807) is 0 Å². The van der Waals surface area contributed by atoms with Gasteiger partial charge in [0.05, 0.1) is 11.6 Å². The van der Waals surface area contributed by atoms with Gasteiger partial charge in [0.25, 0.3) is 0 Å². The van der Waals surface area contributed by atoms with E-state index in [2.05, 4.69) is 53.7 Å². The molecule has 1 heterocycles. The first-order valence-electron chi connectivity index (χ1n) is 6.36. The van der Waals surface area contributed by atoms with Crippen molar-refractivity contribution in [3.05, 3.63) is 28.2 Å². The molecule has 96 valence electrons. The van der Waals surface area contributed by atoms with Gasteiger partial charge in [0.15, 0.2) is 0 Å². The van der Waals surface area contributed by atoms with Crippen LogP contribution in [0.5, 0.6) is 0 Å². The summed E-state index contributed by atoms with van der Waals surface area (Å²) < 4.78 is 0.982. The number of hydrogen-bond acceptors (Lipinski definition) is 2. The molecule has 2 nitrogen and oxygen atoms in total. The summed E-state index contributed by atoms with van der Waals surface area (Å²) in [6, 6.07) is 8.16. The summed E-state index contributed by atoms with van der Waals surface area (Å²) in [5.41, 5.74) is 2.24. The molecule has 0 aliphatic carbocycles. The molecule has 1 aromatic carbocycles. The molecule has 1 unspecified atom stereocenters. The monoisotopic (exact) mass is 306 g/mol. The quantitative estimate of drug-likeness (QED) is 0.778. The minimum Gasteiger partial charge on any atom is -0.371 e. The van der Waals surface area contributed by atoms with Gasteiger partial charge in [-0.3, -0.25) is 0 Å². The number of benzene rings is 1. The summed E-state index contributed by atoms with van der Waals surface area (Å²) in [7, 11) is 0. The SMILES string of the molecule is CC(C)(C)C1CCN(c2cc(Br)cc(C#N)c2)C1. The van der Waals surface area contributed by atoms with Gasteiger partial charge in [-0.1, -0.05) is 36.7 Å². The summed E-state index contributed by atoms with van der Waals surface area (Å²) in [6.07, 6.45) is 1.23. The van der Waals surface area contributed by atoms with E-state index in [1.807, 2.05) is 12.1 Å². The summed E-state index contributed by atoms with van der Waals surface area (Å²) in [4.78, 5) is 2.39.